The topological polar surface area (TPSA) is 38.8 Å². The third kappa shape index (κ3) is 4.05. The van der Waals surface area contributed by atoms with Crippen molar-refractivity contribution in [3.8, 4) is 0 Å². The van der Waals surface area contributed by atoms with Crippen molar-refractivity contribution in [3.05, 3.63) is 97.1 Å². The van der Waals surface area contributed by atoms with Crippen LogP contribution in [0.4, 0.5) is 0 Å². The average molecular weight is 337 g/mol. The highest BCUT2D eigenvalue weighted by Crippen LogP contribution is 2.32. The number of benzene rings is 2. The minimum absolute atomic E-state index is 0.296. The summed E-state index contributed by atoms with van der Waals surface area (Å²) in [5.74, 6) is -0.296. The number of hydroxylamine groups is 2. The van der Waals surface area contributed by atoms with E-state index in [0.29, 0.717) is 5.56 Å². The van der Waals surface area contributed by atoms with Gasteiger partial charge in [-0.15, -0.1) is 6.58 Å². The van der Waals surface area contributed by atoms with Gasteiger partial charge in [0.1, 0.15) is 5.54 Å². The van der Waals surface area contributed by atoms with Gasteiger partial charge in [0.05, 0.1) is 0 Å². The molecule has 2 aromatic carbocycles. The van der Waals surface area contributed by atoms with Crippen molar-refractivity contribution in [2.24, 2.45) is 0 Å². The minimum Gasteiger partial charge on any atom is -0.350 e. The fourth-order valence-electron chi connectivity index (χ4n) is 2.45. The molecular formula is C21H23NO3. The first-order valence-electron chi connectivity index (χ1n) is 7.97. The van der Waals surface area contributed by atoms with Gasteiger partial charge in [0.2, 0.25) is 6.29 Å². The largest absolute Gasteiger partial charge is 0.350 e. The lowest BCUT2D eigenvalue weighted by Crippen LogP contribution is -2.48. The maximum atomic E-state index is 13.2. The van der Waals surface area contributed by atoms with Gasteiger partial charge in [0.15, 0.2) is 0 Å². The van der Waals surface area contributed by atoms with Gasteiger partial charge in [-0.25, -0.2) is 4.84 Å². The Morgan fingerprint density at radius 3 is 2.12 bits per heavy atom. The Morgan fingerprint density at radius 1 is 1.08 bits per heavy atom. The van der Waals surface area contributed by atoms with Crippen molar-refractivity contribution in [3.63, 3.8) is 0 Å². The van der Waals surface area contributed by atoms with Crippen molar-refractivity contribution < 1.29 is 14.4 Å². The van der Waals surface area contributed by atoms with Crippen LogP contribution in [0, 0.1) is 0 Å². The SMILES string of the molecule is C=CC(OC)ON(C(=O)c1ccccc1)C(C)(C=C)c1ccccc1. The molecule has 0 bridgehead atoms. The molecule has 0 N–H and O–H groups in total. The first kappa shape index (κ1) is 18.6. The molecule has 4 nitrogen and oxygen atoms in total. The molecule has 0 heterocycles. The highest BCUT2D eigenvalue weighted by molar-refractivity contribution is 5.94. The summed E-state index contributed by atoms with van der Waals surface area (Å²) in [6.45, 7) is 9.48. The fourth-order valence-corrected chi connectivity index (χ4v) is 2.45. The lowest BCUT2D eigenvalue weighted by molar-refractivity contribution is -0.256. The van der Waals surface area contributed by atoms with Crippen LogP contribution in [0.2, 0.25) is 0 Å². The van der Waals surface area contributed by atoms with Crippen LogP contribution in [0.1, 0.15) is 22.8 Å². The van der Waals surface area contributed by atoms with Gasteiger partial charge in [-0.05, 0) is 30.7 Å². The lowest BCUT2D eigenvalue weighted by atomic mass is 9.91. The summed E-state index contributed by atoms with van der Waals surface area (Å²) in [4.78, 5) is 19.0. The maximum absolute atomic E-state index is 13.2. The minimum atomic E-state index is -0.895. The Hall–Kier alpha value is -2.69. The standard InChI is InChI=1S/C21H23NO3/c1-5-19(24-4)25-22(20(23)17-13-9-7-10-14-17)21(3,6-2)18-15-11-8-12-16-18/h5-16,19H,1-2H2,3-4H3. The predicted molar refractivity (Wildman–Crippen MR) is 98.7 cm³/mol. The molecule has 0 radical (unpaired) electrons. The highest BCUT2D eigenvalue weighted by Gasteiger charge is 2.37. The quantitative estimate of drug-likeness (QED) is 0.409. The molecule has 0 saturated carbocycles. The molecule has 2 atom stereocenters. The number of ether oxygens (including phenoxy) is 1. The summed E-state index contributed by atoms with van der Waals surface area (Å²) in [6.07, 6.45) is 2.40. The molecule has 1 amide bonds. The number of rotatable bonds is 8. The van der Waals surface area contributed by atoms with Crippen LogP contribution >= 0.6 is 0 Å². The molecular weight excluding hydrogens is 314 g/mol. The normalized spacial score (nSPS) is 14.2. The monoisotopic (exact) mass is 337 g/mol. The zero-order valence-electron chi connectivity index (χ0n) is 14.6. The summed E-state index contributed by atoms with van der Waals surface area (Å²) in [7, 11) is 1.49. The molecule has 2 aromatic rings. The third-order valence-electron chi connectivity index (χ3n) is 4.02. The number of hydrogen-bond donors (Lipinski definition) is 0. The molecule has 0 fully saturated rings. The van der Waals surface area contributed by atoms with Gasteiger partial charge < -0.3 is 4.74 Å². The number of hydrogen-bond acceptors (Lipinski definition) is 3. The summed E-state index contributed by atoms with van der Waals surface area (Å²) in [5.41, 5.74) is 0.479. The maximum Gasteiger partial charge on any atom is 0.278 e. The average Bonchev–Trinajstić information content (AvgIpc) is 2.69. The summed E-state index contributed by atoms with van der Waals surface area (Å²) in [6, 6.07) is 18.5. The lowest BCUT2D eigenvalue weighted by Gasteiger charge is -2.39. The van der Waals surface area contributed by atoms with Gasteiger partial charge in [0.25, 0.3) is 5.91 Å². The number of methoxy groups -OCH3 is 1. The molecule has 0 aliphatic rings. The fraction of sp³-hybridized carbons (Fsp3) is 0.190. The van der Waals surface area contributed by atoms with Gasteiger partial charge in [-0.2, -0.15) is 5.06 Å². The van der Waals surface area contributed by atoms with E-state index in [9.17, 15) is 4.79 Å². The molecule has 2 rings (SSSR count). The number of carbonyl (C=O) groups is 1. The molecule has 0 saturated heterocycles. The van der Waals surface area contributed by atoms with Crippen molar-refractivity contribution >= 4 is 5.91 Å². The van der Waals surface area contributed by atoms with E-state index >= 15 is 0 Å². The van der Waals surface area contributed by atoms with E-state index in [0.717, 1.165) is 5.56 Å². The summed E-state index contributed by atoms with van der Waals surface area (Å²) < 4.78 is 5.22. The molecule has 4 heteroatoms. The Morgan fingerprint density at radius 2 is 1.64 bits per heavy atom. The predicted octanol–water partition coefficient (Wildman–Crippen LogP) is 4.32. The van der Waals surface area contributed by atoms with E-state index in [1.165, 1.54) is 18.2 Å². The van der Waals surface area contributed by atoms with E-state index in [2.05, 4.69) is 13.2 Å². The number of amides is 1. The van der Waals surface area contributed by atoms with E-state index < -0.39 is 11.8 Å². The first-order chi connectivity index (χ1) is 12.1. The van der Waals surface area contributed by atoms with E-state index in [1.807, 2.05) is 43.3 Å². The van der Waals surface area contributed by atoms with E-state index in [1.54, 1.807) is 30.3 Å². The van der Waals surface area contributed by atoms with Gasteiger partial charge >= 0.3 is 0 Å². The van der Waals surface area contributed by atoms with Gasteiger partial charge in [-0.3, -0.25) is 4.79 Å². The zero-order chi connectivity index (χ0) is 18.3. The molecule has 130 valence electrons. The number of nitrogens with zero attached hydrogens (tertiary/aromatic N) is 1. The molecule has 0 aromatic heterocycles. The molecule has 0 aliphatic heterocycles. The third-order valence-corrected chi connectivity index (χ3v) is 4.02. The second-order valence-corrected chi connectivity index (χ2v) is 5.63. The molecule has 2 unspecified atom stereocenters. The summed E-state index contributed by atoms with van der Waals surface area (Å²) >= 11 is 0. The van der Waals surface area contributed by atoms with Crippen molar-refractivity contribution in [1.29, 1.82) is 0 Å². The van der Waals surface area contributed by atoms with E-state index in [-0.39, 0.29) is 5.91 Å². The highest BCUT2D eigenvalue weighted by atomic mass is 16.8. The first-order valence-corrected chi connectivity index (χ1v) is 7.97. The Bertz CT molecular complexity index is 714. The number of carbonyl (C=O) groups excluding carboxylic acids is 1. The van der Waals surface area contributed by atoms with Crippen LogP contribution in [-0.4, -0.2) is 24.4 Å². The molecule has 25 heavy (non-hydrogen) atoms. The second-order valence-electron chi connectivity index (χ2n) is 5.63. The Labute approximate surface area is 148 Å². The van der Waals surface area contributed by atoms with Crippen molar-refractivity contribution in [2.45, 2.75) is 18.8 Å². The second kappa shape index (κ2) is 8.42. The van der Waals surface area contributed by atoms with Crippen LogP contribution in [-0.2, 0) is 15.1 Å². The molecule has 0 aliphatic carbocycles. The van der Waals surface area contributed by atoms with Gasteiger partial charge in [0, 0.05) is 12.7 Å². The van der Waals surface area contributed by atoms with Gasteiger partial charge in [-0.1, -0.05) is 61.2 Å². The van der Waals surface area contributed by atoms with E-state index in [4.69, 9.17) is 9.57 Å². The van der Waals surface area contributed by atoms with Crippen LogP contribution < -0.4 is 0 Å². The molecule has 0 spiro atoms. The van der Waals surface area contributed by atoms with Crippen LogP contribution in [0.3, 0.4) is 0 Å². The van der Waals surface area contributed by atoms with Crippen LogP contribution in [0.25, 0.3) is 0 Å². The van der Waals surface area contributed by atoms with Crippen LogP contribution in [0.15, 0.2) is 86.0 Å². The zero-order valence-corrected chi connectivity index (χ0v) is 14.6. The van der Waals surface area contributed by atoms with Crippen molar-refractivity contribution in [1.82, 2.24) is 5.06 Å². The van der Waals surface area contributed by atoms with Crippen molar-refractivity contribution in [2.75, 3.05) is 7.11 Å². The summed E-state index contributed by atoms with van der Waals surface area (Å²) in [5, 5.41) is 1.29. The Balaban J connectivity index is 2.51. The Kier molecular flexibility index (Phi) is 6.28. The smallest absolute Gasteiger partial charge is 0.278 e. The van der Waals surface area contributed by atoms with Crippen LogP contribution in [0.5, 0.6) is 0 Å².